The van der Waals surface area contributed by atoms with Crippen LogP contribution in [0.1, 0.15) is 23.2 Å². The average Bonchev–Trinajstić information content (AvgIpc) is 3.42. The van der Waals surface area contributed by atoms with Gasteiger partial charge in [0.2, 0.25) is 0 Å². The number of rotatable bonds is 6. The Morgan fingerprint density at radius 2 is 1.33 bits per heavy atom. The van der Waals surface area contributed by atoms with Crippen molar-refractivity contribution < 1.29 is 19.1 Å². The molecular formula is C33H40N8O4. The van der Waals surface area contributed by atoms with E-state index in [1.54, 1.807) is 24.3 Å². The van der Waals surface area contributed by atoms with Crippen molar-refractivity contribution in [3.05, 3.63) is 60.2 Å². The maximum Gasteiger partial charge on any atom is 0.323 e. The van der Waals surface area contributed by atoms with Crippen molar-refractivity contribution in [2.75, 3.05) is 93.1 Å². The number of likely N-dealkylation sites (N-methyl/N-ethyl adjacent to an activating group) is 1. The Hall–Kier alpha value is -4.26. The maximum absolute atomic E-state index is 12.8. The van der Waals surface area contributed by atoms with Crippen LogP contribution < -0.4 is 20.4 Å². The molecule has 12 heteroatoms. The summed E-state index contributed by atoms with van der Waals surface area (Å²) in [6.07, 6.45) is 2.71. The molecule has 0 saturated carbocycles. The van der Waals surface area contributed by atoms with Gasteiger partial charge in [0.05, 0.1) is 25.4 Å². The van der Waals surface area contributed by atoms with Crippen LogP contribution in [0, 0.1) is 0 Å². The highest BCUT2D eigenvalue weighted by Gasteiger charge is 2.34. The van der Waals surface area contributed by atoms with Crippen LogP contribution in [0.15, 0.2) is 54.6 Å². The summed E-state index contributed by atoms with van der Waals surface area (Å²) in [5.74, 6) is 2.48. The van der Waals surface area contributed by atoms with Gasteiger partial charge in [-0.25, -0.2) is 14.8 Å². The maximum atomic E-state index is 12.8. The molecule has 4 aliphatic rings. The summed E-state index contributed by atoms with van der Waals surface area (Å²) in [5.41, 5.74) is 2.74. The van der Waals surface area contributed by atoms with Crippen molar-refractivity contribution >= 4 is 34.9 Å². The van der Waals surface area contributed by atoms with E-state index in [0.717, 1.165) is 82.4 Å². The molecule has 2 aromatic carbocycles. The van der Waals surface area contributed by atoms with Gasteiger partial charge in [-0.1, -0.05) is 0 Å². The number of morpholine rings is 2. The van der Waals surface area contributed by atoms with E-state index in [9.17, 15) is 9.59 Å². The first-order valence-electron chi connectivity index (χ1n) is 15.9. The number of aromatic nitrogens is 2. The third-order valence-electron chi connectivity index (χ3n) is 8.98. The summed E-state index contributed by atoms with van der Waals surface area (Å²) >= 11 is 0. The van der Waals surface area contributed by atoms with E-state index in [4.69, 9.17) is 19.4 Å². The Kier molecular flexibility index (Phi) is 8.51. The lowest BCUT2D eigenvalue weighted by Gasteiger charge is -2.34. The zero-order chi connectivity index (χ0) is 30.8. The number of carbonyl (C=O) groups is 2. The number of benzene rings is 2. The second kappa shape index (κ2) is 13.0. The number of hydrogen-bond donors (Lipinski definition) is 2. The van der Waals surface area contributed by atoms with Crippen LogP contribution in [0.4, 0.5) is 27.8 Å². The Morgan fingerprint density at radius 1 is 0.756 bits per heavy atom. The van der Waals surface area contributed by atoms with Crippen molar-refractivity contribution in [2.45, 2.75) is 25.0 Å². The molecule has 0 unspecified atom stereocenters. The molecule has 0 aliphatic carbocycles. The van der Waals surface area contributed by atoms with Crippen LogP contribution in [0.3, 0.4) is 0 Å². The zero-order valence-corrected chi connectivity index (χ0v) is 25.7. The Labute approximate surface area is 263 Å². The van der Waals surface area contributed by atoms with E-state index in [-0.39, 0.29) is 24.1 Å². The lowest BCUT2D eigenvalue weighted by molar-refractivity contribution is 0.0302. The first kappa shape index (κ1) is 29.5. The molecule has 236 valence electrons. The molecule has 45 heavy (non-hydrogen) atoms. The fraction of sp³-hybridized carbons (Fsp3) is 0.455. The monoisotopic (exact) mass is 612 g/mol. The Balaban J connectivity index is 1.01. The quantitative estimate of drug-likeness (QED) is 0.432. The fourth-order valence-electron chi connectivity index (χ4n) is 6.35. The SMILES string of the molecule is CN1CCN(C(=O)c2ccc(NC(=O)Nc3ccc(-c4nc(N5CCOCC5)cc(N5C[C@H]6CC[C@@H](C5)O6)n4)cc3)cc2)CC1. The first-order chi connectivity index (χ1) is 22.0. The largest absolute Gasteiger partial charge is 0.378 e. The van der Waals surface area contributed by atoms with Crippen molar-refractivity contribution in [3.63, 3.8) is 0 Å². The molecule has 3 amide bonds. The molecule has 4 aliphatic heterocycles. The summed E-state index contributed by atoms with van der Waals surface area (Å²) in [6, 6.07) is 16.3. The predicted molar refractivity (Wildman–Crippen MR) is 173 cm³/mol. The number of carbonyl (C=O) groups excluding carboxylic acids is 2. The van der Waals surface area contributed by atoms with E-state index < -0.39 is 0 Å². The zero-order valence-electron chi connectivity index (χ0n) is 25.7. The minimum atomic E-state index is -0.365. The second-order valence-corrected chi connectivity index (χ2v) is 12.2. The predicted octanol–water partition coefficient (Wildman–Crippen LogP) is 3.38. The highest BCUT2D eigenvalue weighted by atomic mass is 16.5. The molecule has 5 heterocycles. The van der Waals surface area contributed by atoms with Crippen LogP contribution in [0.25, 0.3) is 11.4 Å². The van der Waals surface area contributed by atoms with Crippen molar-refractivity contribution in [3.8, 4) is 11.4 Å². The van der Waals surface area contributed by atoms with E-state index in [0.29, 0.717) is 36.0 Å². The summed E-state index contributed by atoms with van der Waals surface area (Å²) in [5, 5.41) is 5.74. The van der Waals surface area contributed by atoms with Crippen LogP contribution in [-0.2, 0) is 9.47 Å². The highest BCUT2D eigenvalue weighted by molar-refractivity contribution is 6.00. The van der Waals surface area contributed by atoms with Gasteiger partial charge < -0.3 is 39.7 Å². The molecule has 4 saturated heterocycles. The van der Waals surface area contributed by atoms with E-state index in [1.165, 1.54) is 0 Å². The second-order valence-electron chi connectivity index (χ2n) is 12.2. The molecule has 3 aromatic rings. The van der Waals surface area contributed by atoms with Crippen molar-refractivity contribution in [1.29, 1.82) is 0 Å². The van der Waals surface area contributed by atoms with Crippen molar-refractivity contribution in [1.82, 2.24) is 19.8 Å². The summed E-state index contributed by atoms with van der Waals surface area (Å²) in [4.78, 5) is 44.2. The van der Waals surface area contributed by atoms with Gasteiger partial charge in [0, 0.05) is 80.9 Å². The Bertz CT molecular complexity index is 1490. The van der Waals surface area contributed by atoms with Crippen molar-refractivity contribution in [2.24, 2.45) is 0 Å². The smallest absolute Gasteiger partial charge is 0.323 e. The molecule has 12 nitrogen and oxygen atoms in total. The normalized spacial score (nSPS) is 21.9. The molecule has 0 spiro atoms. The number of nitrogens with zero attached hydrogens (tertiary/aromatic N) is 6. The number of anilines is 4. The number of nitrogens with one attached hydrogen (secondary N) is 2. The van der Waals surface area contributed by atoms with Gasteiger partial charge in [-0.2, -0.15) is 0 Å². The molecule has 7 rings (SSSR count). The minimum Gasteiger partial charge on any atom is -0.378 e. The molecule has 0 radical (unpaired) electrons. The topological polar surface area (TPSA) is 115 Å². The van der Waals surface area contributed by atoms with Gasteiger partial charge in [-0.15, -0.1) is 0 Å². The van der Waals surface area contributed by atoms with Gasteiger partial charge >= 0.3 is 6.03 Å². The number of hydrogen-bond acceptors (Lipinski definition) is 9. The highest BCUT2D eigenvalue weighted by Crippen LogP contribution is 2.32. The van der Waals surface area contributed by atoms with Gasteiger partial charge in [0.1, 0.15) is 11.6 Å². The van der Waals surface area contributed by atoms with Crippen LogP contribution in [-0.4, -0.2) is 117 Å². The fourth-order valence-corrected chi connectivity index (χ4v) is 6.35. The molecular weight excluding hydrogens is 572 g/mol. The number of fused-ring (bicyclic) bond motifs is 2. The molecule has 2 bridgehead atoms. The van der Waals surface area contributed by atoms with Gasteiger partial charge in [0.25, 0.3) is 5.91 Å². The molecule has 4 fully saturated rings. The van der Waals surface area contributed by atoms with Crippen LogP contribution in [0.5, 0.6) is 0 Å². The number of ether oxygens (including phenoxy) is 2. The minimum absolute atomic E-state index is 0.0165. The van der Waals surface area contributed by atoms with Gasteiger partial charge in [-0.05, 0) is 68.4 Å². The lowest BCUT2D eigenvalue weighted by Crippen LogP contribution is -2.47. The Morgan fingerprint density at radius 3 is 1.96 bits per heavy atom. The lowest BCUT2D eigenvalue weighted by atomic mass is 10.1. The van der Waals surface area contributed by atoms with Crippen LogP contribution >= 0.6 is 0 Å². The standard InChI is InChI=1S/C33H40N8O4/c1-38-12-14-40(15-13-38)32(42)24-4-8-26(9-5-24)35-33(43)34-25-6-2-23(3-7-25)31-36-29(39-16-18-44-19-17-39)20-30(37-31)41-21-27-10-11-28(22-41)45-27/h2-9,20,27-28H,10-19,21-22H2,1H3,(H2,34,35,43)/t27-,28+. The van der Waals surface area contributed by atoms with E-state index in [2.05, 4.69) is 38.4 Å². The molecule has 1 aromatic heterocycles. The van der Waals surface area contributed by atoms with Gasteiger partial charge in [0.15, 0.2) is 5.82 Å². The summed E-state index contributed by atoms with van der Waals surface area (Å²) in [7, 11) is 2.06. The van der Waals surface area contributed by atoms with E-state index in [1.807, 2.05) is 29.2 Å². The third kappa shape index (κ3) is 6.87. The number of urea groups is 1. The average molecular weight is 613 g/mol. The number of amides is 3. The third-order valence-corrected chi connectivity index (χ3v) is 8.98. The first-order valence-corrected chi connectivity index (χ1v) is 15.9. The number of piperazine rings is 1. The summed E-state index contributed by atoms with van der Waals surface area (Å²) < 4.78 is 11.6. The van der Waals surface area contributed by atoms with E-state index >= 15 is 0 Å². The summed E-state index contributed by atoms with van der Waals surface area (Å²) in [6.45, 7) is 7.79. The van der Waals surface area contributed by atoms with Gasteiger partial charge in [-0.3, -0.25) is 4.79 Å². The molecule has 2 N–H and O–H groups in total. The molecule has 2 atom stereocenters. The van der Waals surface area contributed by atoms with Crippen LogP contribution in [0.2, 0.25) is 0 Å².